The summed E-state index contributed by atoms with van der Waals surface area (Å²) in [6.07, 6.45) is 2.88. The second-order valence-electron chi connectivity index (χ2n) is 7.13. The number of methoxy groups -OCH3 is 1. The first-order valence-corrected chi connectivity index (χ1v) is 11.1. The molecule has 28 heavy (non-hydrogen) atoms. The molecule has 0 saturated carbocycles. The maximum atomic E-state index is 13.4. The van der Waals surface area contributed by atoms with Crippen molar-refractivity contribution < 1.29 is 17.9 Å². The molecule has 1 aliphatic rings. The number of aryl methyl sites for hydroxylation is 2. The number of benzene rings is 2. The van der Waals surface area contributed by atoms with Crippen LogP contribution in [0.15, 0.2) is 42.5 Å². The van der Waals surface area contributed by atoms with Crippen molar-refractivity contribution in [2.75, 3.05) is 29.1 Å². The van der Waals surface area contributed by atoms with Gasteiger partial charge in [-0.1, -0.05) is 24.3 Å². The van der Waals surface area contributed by atoms with Crippen LogP contribution < -0.4 is 13.9 Å². The molecule has 1 amide bonds. The molecule has 0 spiro atoms. The molecule has 2 aromatic carbocycles. The largest absolute Gasteiger partial charge is 0.495 e. The molecule has 2 aromatic rings. The minimum Gasteiger partial charge on any atom is -0.495 e. The number of carbonyl (C=O) groups excluding carboxylic acids is 1. The van der Waals surface area contributed by atoms with Gasteiger partial charge in [0, 0.05) is 12.2 Å². The van der Waals surface area contributed by atoms with Gasteiger partial charge in [0.2, 0.25) is 10.0 Å². The van der Waals surface area contributed by atoms with E-state index in [1.807, 2.05) is 37.3 Å². The van der Waals surface area contributed by atoms with Gasteiger partial charge in [-0.3, -0.25) is 9.10 Å². The molecule has 1 heterocycles. The predicted octanol–water partition coefficient (Wildman–Crippen LogP) is 3.14. The Labute approximate surface area is 166 Å². The van der Waals surface area contributed by atoms with E-state index in [4.69, 9.17) is 4.74 Å². The van der Waals surface area contributed by atoms with Crippen molar-refractivity contribution in [2.45, 2.75) is 32.7 Å². The molecule has 3 rings (SSSR count). The van der Waals surface area contributed by atoms with Crippen LogP contribution in [-0.2, 0) is 21.2 Å². The zero-order valence-corrected chi connectivity index (χ0v) is 17.5. The highest BCUT2D eigenvalue weighted by atomic mass is 32.2. The van der Waals surface area contributed by atoms with Gasteiger partial charge < -0.3 is 9.64 Å². The van der Waals surface area contributed by atoms with Crippen molar-refractivity contribution in [1.82, 2.24) is 0 Å². The lowest BCUT2D eigenvalue weighted by Crippen LogP contribution is -2.51. The highest BCUT2D eigenvalue weighted by molar-refractivity contribution is 7.92. The number of ether oxygens (including phenoxy) is 1. The minimum atomic E-state index is -3.72. The minimum absolute atomic E-state index is 0.249. The van der Waals surface area contributed by atoms with Gasteiger partial charge in [0.15, 0.2) is 0 Å². The normalized spacial score (nSPS) is 14.9. The fourth-order valence-electron chi connectivity index (χ4n) is 3.74. The van der Waals surface area contributed by atoms with E-state index in [-0.39, 0.29) is 5.91 Å². The predicted molar refractivity (Wildman–Crippen MR) is 112 cm³/mol. The Kier molecular flexibility index (Phi) is 5.65. The molecule has 1 aliphatic heterocycles. The Morgan fingerprint density at radius 1 is 1.21 bits per heavy atom. The van der Waals surface area contributed by atoms with Crippen molar-refractivity contribution >= 4 is 27.3 Å². The van der Waals surface area contributed by atoms with Gasteiger partial charge in [-0.15, -0.1) is 0 Å². The summed E-state index contributed by atoms with van der Waals surface area (Å²) in [5, 5.41) is 0. The lowest BCUT2D eigenvalue weighted by Gasteiger charge is -2.36. The maximum absolute atomic E-state index is 13.4. The Morgan fingerprint density at radius 3 is 2.61 bits per heavy atom. The monoisotopic (exact) mass is 402 g/mol. The van der Waals surface area contributed by atoms with Crippen LogP contribution in [0.4, 0.5) is 11.4 Å². The van der Waals surface area contributed by atoms with E-state index in [0.29, 0.717) is 18.0 Å². The summed E-state index contributed by atoms with van der Waals surface area (Å²) < 4.78 is 31.9. The summed E-state index contributed by atoms with van der Waals surface area (Å²) in [5.41, 5.74) is 3.21. The van der Waals surface area contributed by atoms with E-state index in [9.17, 15) is 13.2 Å². The number of amides is 1. The van der Waals surface area contributed by atoms with Crippen LogP contribution in [0, 0.1) is 6.92 Å². The van der Waals surface area contributed by atoms with Crippen molar-refractivity contribution in [3.63, 3.8) is 0 Å². The van der Waals surface area contributed by atoms with E-state index >= 15 is 0 Å². The van der Waals surface area contributed by atoms with Crippen LogP contribution in [0.3, 0.4) is 0 Å². The van der Waals surface area contributed by atoms with Crippen molar-refractivity contribution in [2.24, 2.45) is 0 Å². The average molecular weight is 403 g/mol. The number of para-hydroxylation sites is 1. The first-order valence-electron chi connectivity index (χ1n) is 9.27. The van der Waals surface area contributed by atoms with Crippen LogP contribution in [0.1, 0.15) is 24.5 Å². The number of hydrogen-bond acceptors (Lipinski definition) is 4. The van der Waals surface area contributed by atoms with E-state index in [1.165, 1.54) is 11.4 Å². The van der Waals surface area contributed by atoms with Gasteiger partial charge in [-0.25, -0.2) is 8.42 Å². The lowest BCUT2D eigenvalue weighted by atomic mass is 10.0. The SMILES string of the molecule is COc1ccc(C)cc1N([C@@H](C)C(=O)N1CCCc2ccccc21)S(C)(=O)=O. The third-order valence-corrected chi connectivity index (χ3v) is 6.24. The number of rotatable bonds is 5. The molecule has 1 atom stereocenters. The fourth-order valence-corrected chi connectivity index (χ4v) is 4.90. The number of fused-ring (bicyclic) bond motifs is 1. The van der Waals surface area contributed by atoms with Crippen LogP contribution in [-0.4, -0.2) is 40.3 Å². The second kappa shape index (κ2) is 7.83. The van der Waals surface area contributed by atoms with Crippen LogP contribution >= 0.6 is 0 Å². The molecule has 0 N–H and O–H groups in total. The molecular formula is C21H26N2O4S. The molecule has 0 aromatic heterocycles. The number of carbonyl (C=O) groups is 1. The standard InChI is InChI=1S/C21H26N2O4S/c1-15-11-12-20(27-3)19(14-15)23(28(4,25)26)16(2)21(24)22-13-7-9-17-8-5-6-10-18(17)22/h5-6,8,10-12,14,16H,7,9,13H2,1-4H3/t16-/m0/s1. The molecule has 150 valence electrons. The number of nitrogens with zero attached hydrogens (tertiary/aromatic N) is 2. The molecule has 0 fully saturated rings. The Bertz CT molecular complexity index is 988. The van der Waals surface area contributed by atoms with Gasteiger partial charge >= 0.3 is 0 Å². The smallest absolute Gasteiger partial charge is 0.250 e. The summed E-state index contributed by atoms with van der Waals surface area (Å²) in [7, 11) is -2.23. The zero-order valence-electron chi connectivity index (χ0n) is 16.7. The first-order chi connectivity index (χ1) is 13.2. The van der Waals surface area contributed by atoms with Crippen LogP contribution in [0.2, 0.25) is 0 Å². The molecule has 6 nitrogen and oxygen atoms in total. The van der Waals surface area contributed by atoms with Gasteiger partial charge in [0.1, 0.15) is 11.8 Å². The van der Waals surface area contributed by atoms with Crippen LogP contribution in [0.25, 0.3) is 0 Å². The van der Waals surface area contributed by atoms with E-state index in [0.717, 1.165) is 35.9 Å². The van der Waals surface area contributed by atoms with Gasteiger partial charge in [0.05, 0.1) is 19.1 Å². The summed E-state index contributed by atoms with van der Waals surface area (Å²) in [6, 6.07) is 12.2. The lowest BCUT2D eigenvalue weighted by molar-refractivity contribution is -0.119. The Morgan fingerprint density at radius 2 is 1.93 bits per heavy atom. The van der Waals surface area contributed by atoms with Crippen molar-refractivity contribution in [3.8, 4) is 5.75 Å². The molecule has 0 radical (unpaired) electrons. The number of hydrogen-bond donors (Lipinski definition) is 0. The molecular weight excluding hydrogens is 376 g/mol. The maximum Gasteiger partial charge on any atom is 0.250 e. The first kappa shape index (κ1) is 20.2. The summed E-state index contributed by atoms with van der Waals surface area (Å²) in [5.74, 6) is 0.163. The third kappa shape index (κ3) is 3.85. The summed E-state index contributed by atoms with van der Waals surface area (Å²) in [6.45, 7) is 4.07. The highest BCUT2D eigenvalue weighted by Gasteiger charge is 2.35. The molecule has 0 saturated heterocycles. The average Bonchev–Trinajstić information content (AvgIpc) is 2.66. The third-order valence-electron chi connectivity index (χ3n) is 5.01. The van der Waals surface area contributed by atoms with Gasteiger partial charge in [-0.05, 0) is 56.0 Å². The number of sulfonamides is 1. The highest BCUT2D eigenvalue weighted by Crippen LogP contribution is 2.34. The van der Waals surface area contributed by atoms with E-state index < -0.39 is 16.1 Å². The summed E-state index contributed by atoms with van der Waals surface area (Å²) >= 11 is 0. The topological polar surface area (TPSA) is 66.9 Å². The van der Waals surface area contributed by atoms with Crippen molar-refractivity contribution in [3.05, 3.63) is 53.6 Å². The second-order valence-corrected chi connectivity index (χ2v) is 8.99. The quantitative estimate of drug-likeness (QED) is 0.771. The molecule has 0 bridgehead atoms. The van der Waals surface area contributed by atoms with E-state index in [2.05, 4.69) is 0 Å². The molecule has 0 aliphatic carbocycles. The van der Waals surface area contributed by atoms with Gasteiger partial charge in [0.25, 0.3) is 5.91 Å². The van der Waals surface area contributed by atoms with Crippen molar-refractivity contribution in [1.29, 1.82) is 0 Å². The number of anilines is 2. The summed E-state index contributed by atoms with van der Waals surface area (Å²) in [4.78, 5) is 15.1. The van der Waals surface area contributed by atoms with E-state index in [1.54, 1.807) is 24.0 Å². The zero-order chi connectivity index (χ0) is 20.5. The van der Waals surface area contributed by atoms with Gasteiger partial charge in [-0.2, -0.15) is 0 Å². The Balaban J connectivity index is 2.04. The molecule has 0 unspecified atom stereocenters. The fraction of sp³-hybridized carbons (Fsp3) is 0.381. The molecule has 7 heteroatoms. The van der Waals surface area contributed by atoms with Crippen LogP contribution in [0.5, 0.6) is 5.75 Å². The Hall–Kier alpha value is -2.54.